The second-order valence-corrected chi connectivity index (χ2v) is 6.10. The highest BCUT2D eigenvalue weighted by Crippen LogP contribution is 2.38. The van der Waals surface area contributed by atoms with Crippen molar-refractivity contribution in [2.45, 2.75) is 6.04 Å². The molecule has 0 fully saturated rings. The third-order valence-electron chi connectivity index (χ3n) is 4.61. The van der Waals surface area contributed by atoms with E-state index in [-0.39, 0.29) is 17.1 Å². The molecule has 1 atom stereocenters. The Morgan fingerprint density at radius 2 is 2.00 bits per heavy atom. The van der Waals surface area contributed by atoms with Gasteiger partial charge in [0.05, 0.1) is 24.1 Å². The van der Waals surface area contributed by atoms with Gasteiger partial charge in [0, 0.05) is 6.54 Å². The Labute approximate surface area is 150 Å². The van der Waals surface area contributed by atoms with Crippen molar-refractivity contribution in [2.24, 2.45) is 0 Å². The van der Waals surface area contributed by atoms with Crippen LogP contribution in [0.1, 0.15) is 27.7 Å². The summed E-state index contributed by atoms with van der Waals surface area (Å²) in [4.78, 5) is 27.7. The first-order valence-corrected chi connectivity index (χ1v) is 8.27. The molecule has 130 valence electrons. The zero-order valence-corrected chi connectivity index (χ0v) is 14.3. The summed E-state index contributed by atoms with van der Waals surface area (Å²) < 4.78 is 11.1. The standard InChI is InChI=1S/C21H17NO4/c1-3-11-22-18(13-7-6-8-14(12-13)25-2)17-19(23)15-9-4-5-10-16(15)26-20(17)21(22)24/h3-10,12,18H,1,11H2,2H3/t18-/m1/s1. The number of ether oxygens (including phenoxy) is 1. The van der Waals surface area contributed by atoms with Crippen LogP contribution in [-0.4, -0.2) is 24.5 Å². The van der Waals surface area contributed by atoms with Gasteiger partial charge in [-0.05, 0) is 29.8 Å². The van der Waals surface area contributed by atoms with Crippen LogP contribution in [0.5, 0.6) is 5.75 Å². The Bertz CT molecular complexity index is 1080. The number of amides is 1. The van der Waals surface area contributed by atoms with E-state index in [1.54, 1.807) is 42.4 Å². The maximum absolute atomic E-state index is 13.2. The number of carbonyl (C=O) groups is 1. The van der Waals surface area contributed by atoms with E-state index in [1.165, 1.54) is 0 Å². The van der Waals surface area contributed by atoms with Gasteiger partial charge in [0.25, 0.3) is 5.91 Å². The molecule has 0 saturated carbocycles. The molecule has 1 aliphatic heterocycles. The van der Waals surface area contributed by atoms with Crippen LogP contribution >= 0.6 is 0 Å². The zero-order chi connectivity index (χ0) is 18.3. The molecule has 0 N–H and O–H groups in total. The lowest BCUT2D eigenvalue weighted by atomic mass is 9.98. The molecule has 2 heterocycles. The Kier molecular flexibility index (Phi) is 3.84. The van der Waals surface area contributed by atoms with Crippen LogP contribution in [0.15, 0.2) is 70.4 Å². The summed E-state index contributed by atoms with van der Waals surface area (Å²) in [6.07, 6.45) is 1.64. The number of carbonyl (C=O) groups excluding carboxylic acids is 1. The summed E-state index contributed by atoms with van der Waals surface area (Å²) in [5.74, 6) is 0.450. The minimum absolute atomic E-state index is 0.100. The number of nitrogens with zero attached hydrogens (tertiary/aromatic N) is 1. The minimum atomic E-state index is -0.536. The Balaban J connectivity index is 2.01. The fourth-order valence-electron chi connectivity index (χ4n) is 3.45. The lowest BCUT2D eigenvalue weighted by molar-refractivity contribution is 0.0748. The molecular formula is C21H17NO4. The normalized spacial score (nSPS) is 16.0. The summed E-state index contributed by atoms with van der Waals surface area (Å²) >= 11 is 0. The predicted molar refractivity (Wildman–Crippen MR) is 98.6 cm³/mol. The molecule has 0 bridgehead atoms. The largest absolute Gasteiger partial charge is 0.497 e. The van der Waals surface area contributed by atoms with Gasteiger partial charge in [-0.1, -0.05) is 30.3 Å². The summed E-state index contributed by atoms with van der Waals surface area (Å²) in [6, 6.07) is 13.8. The van der Waals surface area contributed by atoms with Crippen molar-refractivity contribution in [3.63, 3.8) is 0 Å². The summed E-state index contributed by atoms with van der Waals surface area (Å²) in [5.41, 5.74) is 1.38. The number of hydrogen-bond acceptors (Lipinski definition) is 4. The first kappa shape index (κ1) is 16.1. The molecule has 1 aliphatic rings. The van der Waals surface area contributed by atoms with Gasteiger partial charge < -0.3 is 14.1 Å². The van der Waals surface area contributed by atoms with E-state index in [0.717, 1.165) is 5.56 Å². The van der Waals surface area contributed by atoms with E-state index in [4.69, 9.17) is 9.15 Å². The monoisotopic (exact) mass is 347 g/mol. The summed E-state index contributed by atoms with van der Waals surface area (Å²) in [5, 5.41) is 0.465. The highest BCUT2D eigenvalue weighted by atomic mass is 16.5. The fraction of sp³-hybridized carbons (Fsp3) is 0.143. The van der Waals surface area contributed by atoms with E-state index in [0.29, 0.717) is 28.8 Å². The maximum atomic E-state index is 13.2. The third kappa shape index (κ3) is 2.32. The second-order valence-electron chi connectivity index (χ2n) is 6.10. The van der Waals surface area contributed by atoms with E-state index in [2.05, 4.69) is 6.58 Å². The number of hydrogen-bond donors (Lipinski definition) is 0. The highest BCUT2D eigenvalue weighted by molar-refractivity contribution is 5.99. The second kappa shape index (κ2) is 6.19. The van der Waals surface area contributed by atoms with E-state index in [9.17, 15) is 9.59 Å². The smallest absolute Gasteiger partial charge is 0.291 e. The van der Waals surface area contributed by atoms with Crippen LogP contribution < -0.4 is 10.2 Å². The van der Waals surface area contributed by atoms with Crippen LogP contribution in [0.25, 0.3) is 11.0 Å². The molecule has 0 unspecified atom stereocenters. The van der Waals surface area contributed by atoms with Crippen molar-refractivity contribution in [2.75, 3.05) is 13.7 Å². The Hall–Kier alpha value is -3.34. The van der Waals surface area contributed by atoms with Gasteiger partial charge >= 0.3 is 0 Å². The van der Waals surface area contributed by atoms with Gasteiger partial charge in [-0.15, -0.1) is 6.58 Å². The highest BCUT2D eigenvalue weighted by Gasteiger charge is 2.42. The summed E-state index contributed by atoms with van der Waals surface area (Å²) in [6.45, 7) is 4.04. The quantitative estimate of drug-likeness (QED) is 0.678. The van der Waals surface area contributed by atoms with Gasteiger partial charge in [-0.3, -0.25) is 9.59 Å². The van der Waals surface area contributed by atoms with Crippen molar-refractivity contribution in [1.82, 2.24) is 4.90 Å². The van der Waals surface area contributed by atoms with Crippen LogP contribution in [0.4, 0.5) is 0 Å². The van der Waals surface area contributed by atoms with Crippen molar-refractivity contribution < 1.29 is 13.9 Å². The average molecular weight is 347 g/mol. The molecule has 0 aliphatic carbocycles. The molecular weight excluding hydrogens is 330 g/mol. The molecule has 1 aromatic heterocycles. The van der Waals surface area contributed by atoms with Crippen molar-refractivity contribution in [3.8, 4) is 5.75 Å². The number of para-hydroxylation sites is 1. The minimum Gasteiger partial charge on any atom is -0.497 e. The SMILES string of the molecule is C=CCN1C(=O)c2oc3ccccc3c(=O)c2[C@H]1c1cccc(OC)c1. The zero-order valence-electron chi connectivity index (χ0n) is 14.3. The molecule has 0 spiro atoms. The van der Waals surface area contributed by atoms with Crippen LogP contribution in [0, 0.1) is 0 Å². The predicted octanol–water partition coefficient (Wildman–Crippen LogP) is 3.53. The fourth-order valence-corrected chi connectivity index (χ4v) is 3.45. The molecule has 2 aromatic carbocycles. The first-order valence-electron chi connectivity index (χ1n) is 8.27. The van der Waals surface area contributed by atoms with E-state index in [1.807, 2.05) is 24.3 Å². The Morgan fingerprint density at radius 3 is 2.77 bits per heavy atom. The molecule has 4 rings (SSSR count). The number of fused-ring (bicyclic) bond motifs is 2. The molecule has 0 radical (unpaired) electrons. The van der Waals surface area contributed by atoms with Gasteiger partial charge in [-0.2, -0.15) is 0 Å². The topological polar surface area (TPSA) is 59.8 Å². The molecule has 5 nitrogen and oxygen atoms in total. The van der Waals surface area contributed by atoms with Crippen LogP contribution in [-0.2, 0) is 0 Å². The third-order valence-corrected chi connectivity index (χ3v) is 4.61. The van der Waals surface area contributed by atoms with Crippen molar-refractivity contribution >= 4 is 16.9 Å². The van der Waals surface area contributed by atoms with Gasteiger partial charge in [0.2, 0.25) is 5.76 Å². The van der Waals surface area contributed by atoms with Gasteiger partial charge in [0.15, 0.2) is 5.43 Å². The first-order chi connectivity index (χ1) is 12.7. The number of benzene rings is 2. The van der Waals surface area contributed by atoms with E-state index >= 15 is 0 Å². The van der Waals surface area contributed by atoms with Crippen LogP contribution in [0.3, 0.4) is 0 Å². The lowest BCUT2D eigenvalue weighted by Crippen LogP contribution is -2.29. The molecule has 5 heteroatoms. The molecule has 0 saturated heterocycles. The van der Waals surface area contributed by atoms with Gasteiger partial charge in [-0.25, -0.2) is 0 Å². The number of methoxy groups -OCH3 is 1. The maximum Gasteiger partial charge on any atom is 0.291 e. The van der Waals surface area contributed by atoms with Crippen LogP contribution in [0.2, 0.25) is 0 Å². The van der Waals surface area contributed by atoms with Crippen molar-refractivity contribution in [1.29, 1.82) is 0 Å². The molecule has 26 heavy (non-hydrogen) atoms. The van der Waals surface area contributed by atoms with E-state index < -0.39 is 6.04 Å². The lowest BCUT2D eigenvalue weighted by Gasteiger charge is -2.24. The Morgan fingerprint density at radius 1 is 1.19 bits per heavy atom. The van der Waals surface area contributed by atoms with Gasteiger partial charge in [0.1, 0.15) is 11.3 Å². The average Bonchev–Trinajstić information content (AvgIpc) is 2.95. The molecule has 1 amide bonds. The van der Waals surface area contributed by atoms with Crippen molar-refractivity contribution in [3.05, 3.63) is 88.3 Å². The molecule has 3 aromatic rings. The summed E-state index contributed by atoms with van der Waals surface area (Å²) in [7, 11) is 1.58. The number of rotatable bonds is 4.